The molecule has 1 atom stereocenters. The van der Waals surface area contributed by atoms with E-state index in [4.69, 9.17) is 0 Å². The number of rotatable bonds is 4. The number of esters is 1. The van der Waals surface area contributed by atoms with E-state index in [9.17, 15) is 35.9 Å². The summed E-state index contributed by atoms with van der Waals surface area (Å²) in [7, 11) is 0. The third-order valence-electron chi connectivity index (χ3n) is 2.25. The molecular weight excluding hydrogens is 306 g/mol. The van der Waals surface area contributed by atoms with Gasteiger partial charge >= 0.3 is 5.97 Å². The first-order valence-electron chi connectivity index (χ1n) is 5.49. The van der Waals surface area contributed by atoms with E-state index in [0.717, 1.165) is 0 Å². The lowest BCUT2D eigenvalue weighted by Gasteiger charge is -2.12. The molecule has 0 aliphatic rings. The zero-order valence-electron chi connectivity index (χ0n) is 10.6. The van der Waals surface area contributed by atoms with Gasteiger partial charge in [-0.05, 0) is 13.8 Å². The first-order valence-corrected chi connectivity index (χ1v) is 5.49. The molecule has 0 N–H and O–H groups in total. The van der Waals surface area contributed by atoms with Crippen molar-refractivity contribution in [3.05, 3.63) is 34.6 Å². The molecule has 0 aliphatic heterocycles. The summed E-state index contributed by atoms with van der Waals surface area (Å²) in [6.07, 6.45) is -4.06. The molecule has 3 nitrogen and oxygen atoms in total. The Labute approximate surface area is 114 Å². The minimum Gasteiger partial charge on any atom is -0.460 e. The molecule has 0 fully saturated rings. The van der Waals surface area contributed by atoms with Crippen molar-refractivity contribution in [3.63, 3.8) is 0 Å². The van der Waals surface area contributed by atoms with Crippen molar-refractivity contribution in [2.45, 2.75) is 26.1 Å². The fraction of sp³-hybridized carbons (Fsp3) is 0.333. The highest BCUT2D eigenvalue weighted by Gasteiger charge is 2.37. The Hall–Kier alpha value is -2.06. The van der Waals surface area contributed by atoms with Crippen LogP contribution >= 0.6 is 0 Å². The molecule has 1 aromatic rings. The lowest BCUT2D eigenvalue weighted by atomic mass is 10.0. The van der Waals surface area contributed by atoms with Crippen molar-refractivity contribution in [1.82, 2.24) is 0 Å². The molecule has 0 heterocycles. The summed E-state index contributed by atoms with van der Waals surface area (Å²) in [5.41, 5.74) is -2.03. The van der Waals surface area contributed by atoms with E-state index in [1.54, 1.807) is 0 Å². The van der Waals surface area contributed by atoms with E-state index < -0.39 is 58.7 Å². The minimum absolute atomic E-state index is 0.847. The molecule has 0 aromatic heterocycles. The Morgan fingerprint density at radius 2 is 1.24 bits per heavy atom. The van der Waals surface area contributed by atoms with Gasteiger partial charge in [0, 0.05) is 0 Å². The Kier molecular flexibility index (Phi) is 4.97. The van der Waals surface area contributed by atoms with Gasteiger partial charge in [0.15, 0.2) is 23.3 Å². The number of benzene rings is 1. The maximum absolute atomic E-state index is 13.5. The van der Waals surface area contributed by atoms with Gasteiger partial charge in [0.25, 0.3) is 6.17 Å². The number of hydrogen-bond acceptors (Lipinski definition) is 3. The predicted octanol–water partition coefficient (Wildman–Crippen LogP) is 2.85. The molecule has 21 heavy (non-hydrogen) atoms. The summed E-state index contributed by atoms with van der Waals surface area (Å²) >= 11 is 0. The molecule has 0 bridgehead atoms. The lowest BCUT2D eigenvalue weighted by Crippen LogP contribution is -2.31. The van der Waals surface area contributed by atoms with E-state index in [-0.39, 0.29) is 0 Å². The summed E-state index contributed by atoms with van der Waals surface area (Å²) in [6.45, 7) is 2.60. The number of alkyl halides is 1. The highest BCUT2D eigenvalue weighted by Crippen LogP contribution is 2.25. The highest BCUT2D eigenvalue weighted by molar-refractivity contribution is 6.11. The standard InChI is InChI=1S/C12H8F6O3/c1-3(2)21-12(20)10(18)11(19)4-5(13)7(15)9(17)8(16)6(4)14/h3,10H,1-2H3. The third-order valence-corrected chi connectivity index (χ3v) is 2.25. The Morgan fingerprint density at radius 1 is 0.857 bits per heavy atom. The molecular formula is C12H8F6O3. The third kappa shape index (κ3) is 3.17. The predicted molar refractivity (Wildman–Crippen MR) is 56.7 cm³/mol. The number of ketones is 1. The molecule has 0 saturated carbocycles. The van der Waals surface area contributed by atoms with Crippen LogP contribution in [0.5, 0.6) is 0 Å². The van der Waals surface area contributed by atoms with E-state index in [1.165, 1.54) is 13.8 Å². The van der Waals surface area contributed by atoms with Crippen LogP contribution in [0.25, 0.3) is 0 Å². The van der Waals surface area contributed by atoms with E-state index >= 15 is 0 Å². The Balaban J connectivity index is 3.29. The van der Waals surface area contributed by atoms with E-state index in [2.05, 4.69) is 4.74 Å². The number of ether oxygens (including phenoxy) is 1. The maximum atomic E-state index is 13.5. The SMILES string of the molecule is CC(C)OC(=O)C(F)C(=O)c1c(F)c(F)c(F)c(F)c1F. The quantitative estimate of drug-likeness (QED) is 0.214. The summed E-state index contributed by atoms with van der Waals surface area (Å²) in [4.78, 5) is 22.5. The summed E-state index contributed by atoms with van der Waals surface area (Å²) in [5, 5.41) is 0. The van der Waals surface area contributed by atoms with Crippen LogP contribution in [0.1, 0.15) is 24.2 Å². The summed E-state index contributed by atoms with van der Waals surface area (Å²) < 4.78 is 82.8. The topological polar surface area (TPSA) is 43.4 Å². The molecule has 0 aliphatic carbocycles. The zero-order valence-corrected chi connectivity index (χ0v) is 10.6. The fourth-order valence-corrected chi connectivity index (χ4v) is 1.35. The first-order chi connectivity index (χ1) is 9.59. The molecule has 0 saturated heterocycles. The van der Waals surface area contributed by atoms with Gasteiger partial charge in [-0.3, -0.25) is 4.79 Å². The van der Waals surface area contributed by atoms with Crippen LogP contribution in [0.2, 0.25) is 0 Å². The summed E-state index contributed by atoms with van der Waals surface area (Å²) in [6, 6.07) is 0. The molecule has 0 radical (unpaired) electrons. The van der Waals surface area contributed by atoms with Gasteiger partial charge in [-0.2, -0.15) is 0 Å². The number of halogens is 6. The highest BCUT2D eigenvalue weighted by atomic mass is 19.2. The molecule has 0 amide bonds. The van der Waals surface area contributed by atoms with Crippen molar-refractivity contribution in [2.75, 3.05) is 0 Å². The van der Waals surface area contributed by atoms with Crippen LogP contribution in [-0.4, -0.2) is 24.0 Å². The van der Waals surface area contributed by atoms with E-state index in [0.29, 0.717) is 0 Å². The monoisotopic (exact) mass is 314 g/mol. The average molecular weight is 314 g/mol. The second-order valence-electron chi connectivity index (χ2n) is 4.16. The van der Waals surface area contributed by atoms with Crippen molar-refractivity contribution in [2.24, 2.45) is 0 Å². The molecule has 0 spiro atoms. The fourth-order valence-electron chi connectivity index (χ4n) is 1.35. The second kappa shape index (κ2) is 6.15. The number of Topliss-reactive ketones (excluding diaryl/α,β-unsaturated/α-hetero) is 1. The summed E-state index contributed by atoms with van der Waals surface area (Å²) in [5.74, 6) is -16.4. The van der Waals surface area contributed by atoms with Gasteiger partial charge in [-0.15, -0.1) is 0 Å². The van der Waals surface area contributed by atoms with Crippen molar-refractivity contribution < 1.29 is 40.7 Å². The van der Waals surface area contributed by atoms with Gasteiger partial charge in [-0.25, -0.2) is 31.1 Å². The molecule has 116 valence electrons. The van der Waals surface area contributed by atoms with Gasteiger partial charge in [0.2, 0.25) is 11.6 Å². The van der Waals surface area contributed by atoms with Crippen LogP contribution in [-0.2, 0) is 9.53 Å². The zero-order chi connectivity index (χ0) is 16.5. The smallest absolute Gasteiger partial charge is 0.349 e. The van der Waals surface area contributed by atoms with Crippen molar-refractivity contribution in [3.8, 4) is 0 Å². The Morgan fingerprint density at radius 3 is 1.62 bits per heavy atom. The molecule has 1 rings (SSSR count). The second-order valence-corrected chi connectivity index (χ2v) is 4.16. The number of carbonyl (C=O) groups is 2. The molecule has 1 unspecified atom stereocenters. The van der Waals surface area contributed by atoms with Crippen LogP contribution in [0, 0.1) is 29.1 Å². The Bertz CT molecular complexity index is 570. The van der Waals surface area contributed by atoms with Crippen LogP contribution in [0.3, 0.4) is 0 Å². The largest absolute Gasteiger partial charge is 0.460 e. The van der Waals surface area contributed by atoms with Gasteiger partial charge < -0.3 is 4.74 Å². The van der Waals surface area contributed by atoms with Crippen molar-refractivity contribution in [1.29, 1.82) is 0 Å². The number of hydrogen-bond donors (Lipinski definition) is 0. The molecule has 1 aromatic carbocycles. The van der Waals surface area contributed by atoms with Gasteiger partial charge in [-0.1, -0.05) is 0 Å². The van der Waals surface area contributed by atoms with Gasteiger partial charge in [0.1, 0.15) is 0 Å². The maximum Gasteiger partial charge on any atom is 0.349 e. The normalized spacial score (nSPS) is 12.4. The van der Waals surface area contributed by atoms with Crippen LogP contribution < -0.4 is 0 Å². The van der Waals surface area contributed by atoms with Crippen LogP contribution in [0.15, 0.2) is 0 Å². The van der Waals surface area contributed by atoms with Gasteiger partial charge in [0.05, 0.1) is 11.7 Å². The van der Waals surface area contributed by atoms with E-state index in [1.807, 2.05) is 0 Å². The number of carbonyl (C=O) groups excluding carboxylic acids is 2. The minimum atomic E-state index is -3.21. The first kappa shape index (κ1) is 17.0. The van der Waals surface area contributed by atoms with Crippen LogP contribution in [0.4, 0.5) is 26.3 Å². The lowest BCUT2D eigenvalue weighted by molar-refractivity contribution is -0.151. The molecule has 9 heteroatoms. The average Bonchev–Trinajstić information content (AvgIpc) is 2.41. The van der Waals surface area contributed by atoms with Crippen molar-refractivity contribution >= 4 is 11.8 Å².